The Morgan fingerprint density at radius 1 is 1.12 bits per heavy atom. The van der Waals surface area contributed by atoms with Crippen LogP contribution in [-0.2, 0) is 13.8 Å². The van der Waals surface area contributed by atoms with E-state index in [-0.39, 0.29) is 15.7 Å². The number of nitrogens with zero attached hydrogens (tertiary/aromatic N) is 1. The van der Waals surface area contributed by atoms with E-state index in [1.807, 2.05) is 6.92 Å². The first-order valence-corrected chi connectivity index (χ1v) is 10.8. The van der Waals surface area contributed by atoms with E-state index >= 15 is 0 Å². The van der Waals surface area contributed by atoms with Crippen LogP contribution in [0.2, 0.25) is 5.15 Å². The van der Waals surface area contributed by atoms with E-state index in [1.165, 1.54) is 12.1 Å². The number of hydrogen-bond donors (Lipinski definition) is 0. The molecule has 1 aromatic carbocycles. The van der Waals surface area contributed by atoms with Gasteiger partial charge in [-0.2, -0.15) is 0 Å². The van der Waals surface area contributed by atoms with Gasteiger partial charge in [0.2, 0.25) is 0 Å². The molecule has 142 valence electrons. The summed E-state index contributed by atoms with van der Waals surface area (Å²) in [5, 5.41) is 0.263. The molecule has 9 heteroatoms. The Morgan fingerprint density at radius 3 is 2.12 bits per heavy atom. The third-order valence-electron chi connectivity index (χ3n) is 2.71. The van der Waals surface area contributed by atoms with Crippen LogP contribution in [0.4, 0.5) is 0 Å². The summed E-state index contributed by atoms with van der Waals surface area (Å²) in [7, 11) is 1.54. The molecule has 2 aromatic rings. The van der Waals surface area contributed by atoms with Gasteiger partial charge < -0.3 is 4.74 Å². The summed E-state index contributed by atoms with van der Waals surface area (Å²) in [5.74, 6) is -0.489. The highest BCUT2D eigenvalue weighted by Gasteiger charge is 2.21. The van der Waals surface area contributed by atoms with Gasteiger partial charge in [-0.05, 0) is 67.9 Å². The second-order valence-corrected chi connectivity index (χ2v) is 10.0. The second kappa shape index (κ2) is 9.17. The minimum absolute atomic E-state index is 0.143. The van der Waals surface area contributed by atoms with Crippen LogP contribution in [0.5, 0.6) is 0 Å². The Balaban J connectivity index is 0.000000273. The predicted octanol–water partition coefficient (Wildman–Crippen LogP) is 5.38. The molecule has 1 aromatic heterocycles. The van der Waals surface area contributed by atoms with Gasteiger partial charge >= 0.3 is 5.97 Å². The Kier molecular flexibility index (Phi) is 8.07. The van der Waals surface area contributed by atoms with Crippen molar-refractivity contribution in [3.05, 3.63) is 57.3 Å². The Morgan fingerprint density at radius 2 is 1.65 bits per heavy atom. The molecule has 0 radical (unpaired) electrons. The topological polar surface area (TPSA) is 73.3 Å². The molecule has 0 saturated carbocycles. The highest BCUT2D eigenvalue weighted by atomic mass is 79.9. The predicted molar refractivity (Wildman–Crippen MR) is 106 cm³/mol. The normalized spacial score (nSPS) is 11.3. The lowest BCUT2D eigenvalue weighted by molar-refractivity contribution is 0.00617. The number of esters is 1. The fraction of sp³-hybridized carbons (Fsp3) is 0.294. The van der Waals surface area contributed by atoms with E-state index in [9.17, 15) is 13.2 Å². The monoisotopic (exact) mass is 481 g/mol. The van der Waals surface area contributed by atoms with E-state index in [0.29, 0.717) is 4.47 Å². The van der Waals surface area contributed by atoms with Gasteiger partial charge in [-0.1, -0.05) is 29.3 Å². The zero-order valence-corrected chi connectivity index (χ0v) is 18.5. The fourth-order valence-electron chi connectivity index (χ4n) is 1.59. The summed E-state index contributed by atoms with van der Waals surface area (Å²) in [6.45, 7) is 7.26. The number of hydrogen-bond acceptors (Lipinski definition) is 5. The SMILES string of the molecule is CC(C)(C)OC(=O)c1nc(Cl)ccc1Br.Cc1ccc(S(=O)(=O)Cl)cc1. The summed E-state index contributed by atoms with van der Waals surface area (Å²) in [5.41, 5.74) is 0.659. The molecule has 0 atom stereocenters. The average molecular weight is 483 g/mol. The molecule has 0 unspecified atom stereocenters. The first-order valence-electron chi connectivity index (χ1n) is 7.36. The second-order valence-electron chi connectivity index (χ2n) is 6.22. The average Bonchev–Trinajstić information content (AvgIpc) is 2.48. The molecule has 0 aliphatic carbocycles. The van der Waals surface area contributed by atoms with Crippen LogP contribution < -0.4 is 0 Å². The van der Waals surface area contributed by atoms with Gasteiger partial charge in [0.1, 0.15) is 10.8 Å². The molecule has 0 N–H and O–H groups in total. The van der Waals surface area contributed by atoms with Crippen LogP contribution in [0.25, 0.3) is 0 Å². The zero-order valence-electron chi connectivity index (χ0n) is 14.6. The van der Waals surface area contributed by atoms with Gasteiger partial charge in [-0.25, -0.2) is 18.2 Å². The number of aryl methyl sites for hydroxylation is 1. The summed E-state index contributed by atoms with van der Waals surface area (Å²) in [6, 6.07) is 9.63. The number of pyridine rings is 1. The van der Waals surface area contributed by atoms with Crippen molar-refractivity contribution < 1.29 is 17.9 Å². The number of carbonyl (C=O) groups excluding carboxylic acids is 1. The number of benzene rings is 1. The minimum Gasteiger partial charge on any atom is -0.455 e. The molecule has 2 rings (SSSR count). The van der Waals surface area contributed by atoms with Gasteiger partial charge in [-0.15, -0.1) is 0 Å². The van der Waals surface area contributed by atoms with Gasteiger partial charge in [0.05, 0.1) is 9.37 Å². The van der Waals surface area contributed by atoms with Crippen LogP contribution >= 0.6 is 38.2 Å². The van der Waals surface area contributed by atoms with Gasteiger partial charge in [-0.3, -0.25) is 0 Å². The van der Waals surface area contributed by atoms with Crippen LogP contribution in [0, 0.1) is 6.92 Å². The van der Waals surface area contributed by atoms with Crippen LogP contribution in [0.3, 0.4) is 0 Å². The number of rotatable bonds is 2. The lowest BCUT2D eigenvalue weighted by atomic mass is 10.2. The number of ether oxygens (including phenoxy) is 1. The molecule has 0 spiro atoms. The Hall–Kier alpha value is -1.15. The van der Waals surface area contributed by atoms with Gasteiger partial charge in [0, 0.05) is 10.7 Å². The number of halogens is 3. The molecule has 0 amide bonds. The van der Waals surface area contributed by atoms with Crippen molar-refractivity contribution in [2.45, 2.75) is 38.2 Å². The van der Waals surface area contributed by atoms with E-state index in [0.717, 1.165) is 5.56 Å². The van der Waals surface area contributed by atoms with Crippen LogP contribution in [-0.4, -0.2) is 25.0 Å². The molecule has 0 aliphatic heterocycles. The summed E-state index contributed by atoms with van der Waals surface area (Å²) in [4.78, 5) is 15.7. The zero-order chi connectivity index (χ0) is 20.1. The third kappa shape index (κ3) is 8.03. The van der Waals surface area contributed by atoms with Crippen molar-refractivity contribution in [3.8, 4) is 0 Å². The maximum Gasteiger partial charge on any atom is 0.358 e. The van der Waals surface area contributed by atoms with Crippen LogP contribution in [0.1, 0.15) is 36.8 Å². The maximum absolute atomic E-state index is 11.7. The molecule has 5 nitrogen and oxygen atoms in total. The van der Waals surface area contributed by atoms with Crippen molar-refractivity contribution in [1.82, 2.24) is 4.98 Å². The maximum atomic E-state index is 11.7. The molecule has 1 heterocycles. The molecule has 26 heavy (non-hydrogen) atoms. The van der Waals surface area contributed by atoms with Gasteiger partial charge in [0.15, 0.2) is 5.69 Å². The number of aromatic nitrogens is 1. The Labute approximate surface area is 171 Å². The molecule has 0 bridgehead atoms. The lowest BCUT2D eigenvalue weighted by Gasteiger charge is -2.19. The molecule has 0 aliphatic rings. The lowest BCUT2D eigenvalue weighted by Crippen LogP contribution is -2.24. The highest BCUT2D eigenvalue weighted by Crippen LogP contribution is 2.20. The smallest absolute Gasteiger partial charge is 0.358 e. The first kappa shape index (κ1) is 22.9. The van der Waals surface area contributed by atoms with Crippen molar-refractivity contribution in [1.29, 1.82) is 0 Å². The van der Waals surface area contributed by atoms with E-state index < -0.39 is 20.6 Å². The van der Waals surface area contributed by atoms with Crippen molar-refractivity contribution in [2.75, 3.05) is 0 Å². The first-order chi connectivity index (χ1) is 11.8. The van der Waals surface area contributed by atoms with Crippen molar-refractivity contribution in [2.24, 2.45) is 0 Å². The third-order valence-corrected chi connectivity index (χ3v) is 4.93. The largest absolute Gasteiger partial charge is 0.455 e. The van der Waals surface area contributed by atoms with E-state index in [4.69, 9.17) is 27.0 Å². The summed E-state index contributed by atoms with van der Waals surface area (Å²) >= 11 is 8.91. The van der Waals surface area contributed by atoms with Gasteiger partial charge in [0.25, 0.3) is 9.05 Å². The van der Waals surface area contributed by atoms with E-state index in [2.05, 4.69) is 20.9 Å². The standard InChI is InChI=1S/C10H11BrClNO2.C7H7ClO2S/c1-10(2,3)15-9(14)8-6(11)4-5-7(12)13-8;1-6-2-4-7(5-3-6)11(8,9)10/h4-5H,1-3H3;2-5H,1H3. The number of carbonyl (C=O) groups is 1. The Bertz CT molecular complexity index is 879. The fourth-order valence-corrected chi connectivity index (χ4v) is 2.89. The van der Waals surface area contributed by atoms with E-state index in [1.54, 1.807) is 45.0 Å². The molecule has 0 saturated heterocycles. The summed E-state index contributed by atoms with van der Waals surface area (Å²) < 4.78 is 27.2. The molecular formula is C17H18BrCl2NO4S. The van der Waals surface area contributed by atoms with Crippen molar-refractivity contribution in [3.63, 3.8) is 0 Å². The molecule has 0 fully saturated rings. The molecular weight excluding hydrogens is 465 g/mol. The minimum atomic E-state index is -3.55. The quantitative estimate of drug-likeness (QED) is 0.326. The summed E-state index contributed by atoms with van der Waals surface area (Å²) in [6.07, 6.45) is 0. The van der Waals surface area contributed by atoms with Crippen LogP contribution in [0.15, 0.2) is 45.8 Å². The highest BCUT2D eigenvalue weighted by molar-refractivity contribution is 9.10. The van der Waals surface area contributed by atoms with Crippen molar-refractivity contribution >= 4 is 53.2 Å².